The van der Waals surface area contributed by atoms with Gasteiger partial charge in [0.05, 0.1) is 11.9 Å². The summed E-state index contributed by atoms with van der Waals surface area (Å²) in [6.45, 7) is 4.99. The van der Waals surface area contributed by atoms with Gasteiger partial charge in [-0.15, -0.1) is 0 Å². The summed E-state index contributed by atoms with van der Waals surface area (Å²) in [5.41, 5.74) is 0.611. The molecular formula is C24H36N2O2S. The van der Waals surface area contributed by atoms with Crippen LogP contribution < -0.4 is 0 Å². The summed E-state index contributed by atoms with van der Waals surface area (Å²) in [6.07, 6.45) is 14.1. The highest BCUT2D eigenvalue weighted by Crippen LogP contribution is 2.67. The van der Waals surface area contributed by atoms with E-state index < -0.39 is 0 Å². The fourth-order valence-electron chi connectivity index (χ4n) is 8.33. The number of imidazole rings is 1. The molecule has 1 aromatic rings. The molecule has 4 fully saturated rings. The number of H-pyrrole nitrogens is 1. The van der Waals surface area contributed by atoms with E-state index in [1.807, 2.05) is 6.20 Å². The van der Waals surface area contributed by atoms with Crippen LogP contribution in [0, 0.1) is 40.4 Å². The van der Waals surface area contributed by atoms with E-state index in [1.54, 1.807) is 18.0 Å². The van der Waals surface area contributed by atoms with Crippen LogP contribution in [0.15, 0.2) is 17.6 Å². The van der Waals surface area contributed by atoms with Crippen LogP contribution in [0.25, 0.3) is 0 Å². The van der Waals surface area contributed by atoms with Crippen molar-refractivity contribution >= 4 is 17.5 Å². The van der Waals surface area contributed by atoms with E-state index in [4.69, 9.17) is 0 Å². The normalized spacial score (nSPS) is 46.6. The topological polar surface area (TPSA) is 66.0 Å². The Balaban J connectivity index is 1.31. The Morgan fingerprint density at radius 2 is 1.93 bits per heavy atom. The van der Waals surface area contributed by atoms with Crippen molar-refractivity contribution in [3.05, 3.63) is 12.4 Å². The minimum atomic E-state index is -0.0707. The van der Waals surface area contributed by atoms with Gasteiger partial charge in [0.15, 0.2) is 5.16 Å². The van der Waals surface area contributed by atoms with Gasteiger partial charge in [0.2, 0.25) is 0 Å². The number of carbonyl (C=O) groups excluding carboxylic acids is 1. The summed E-state index contributed by atoms with van der Waals surface area (Å²) in [6, 6.07) is 0. The van der Waals surface area contributed by atoms with E-state index in [0.717, 1.165) is 36.3 Å². The summed E-state index contributed by atoms with van der Waals surface area (Å²) in [5.74, 6) is 4.24. The van der Waals surface area contributed by atoms with Gasteiger partial charge in [-0.05, 0) is 92.3 Å². The summed E-state index contributed by atoms with van der Waals surface area (Å²) in [7, 11) is 0. The van der Waals surface area contributed by atoms with Crippen molar-refractivity contribution in [2.45, 2.75) is 82.9 Å². The molecule has 0 radical (unpaired) electrons. The van der Waals surface area contributed by atoms with E-state index in [2.05, 4.69) is 23.8 Å². The van der Waals surface area contributed by atoms with Crippen molar-refractivity contribution in [2.24, 2.45) is 40.4 Å². The number of aliphatic hydroxyl groups excluding tert-OH is 1. The lowest BCUT2D eigenvalue weighted by atomic mass is 9.44. The summed E-state index contributed by atoms with van der Waals surface area (Å²) in [4.78, 5) is 20.6. The van der Waals surface area contributed by atoms with Gasteiger partial charge in [0.1, 0.15) is 5.78 Å². The molecule has 1 heterocycles. The number of Topliss-reactive ketones (excluding diaryl/α,β-unsaturated/α-hetero) is 1. The molecule has 2 N–H and O–H groups in total. The number of carbonyl (C=O) groups is 1. The second-order valence-corrected chi connectivity index (χ2v) is 11.9. The third-order valence-corrected chi connectivity index (χ3v) is 10.8. The predicted molar refractivity (Wildman–Crippen MR) is 116 cm³/mol. The average molecular weight is 417 g/mol. The van der Waals surface area contributed by atoms with Gasteiger partial charge in [0, 0.05) is 18.3 Å². The second-order valence-electron chi connectivity index (χ2n) is 10.9. The molecule has 5 rings (SSSR count). The smallest absolute Gasteiger partial charge is 0.165 e. The molecule has 4 nitrogen and oxygen atoms in total. The first-order valence-electron chi connectivity index (χ1n) is 11.7. The zero-order valence-corrected chi connectivity index (χ0v) is 18.7. The molecule has 0 aromatic carbocycles. The Labute approximate surface area is 179 Å². The maximum Gasteiger partial charge on any atom is 0.165 e. The lowest BCUT2D eigenvalue weighted by Gasteiger charge is -2.60. The van der Waals surface area contributed by atoms with E-state index >= 15 is 0 Å². The van der Waals surface area contributed by atoms with E-state index in [9.17, 15) is 9.90 Å². The molecule has 0 spiro atoms. The Morgan fingerprint density at radius 3 is 2.72 bits per heavy atom. The minimum Gasteiger partial charge on any atom is -0.393 e. The van der Waals surface area contributed by atoms with Crippen LogP contribution in [0.3, 0.4) is 0 Å². The lowest BCUT2D eigenvalue weighted by Crippen LogP contribution is -2.54. The zero-order valence-electron chi connectivity index (χ0n) is 17.9. The van der Waals surface area contributed by atoms with Crippen LogP contribution >= 0.6 is 11.8 Å². The highest BCUT2D eigenvalue weighted by molar-refractivity contribution is 7.99. The Bertz CT molecular complexity index is 752. The fraction of sp³-hybridized carbons (Fsp3) is 0.833. The van der Waals surface area contributed by atoms with Gasteiger partial charge < -0.3 is 10.1 Å². The first-order chi connectivity index (χ1) is 13.9. The van der Waals surface area contributed by atoms with Crippen LogP contribution in [0.4, 0.5) is 0 Å². The third-order valence-electron chi connectivity index (χ3n) is 9.85. The number of hydrogen-bond acceptors (Lipinski definition) is 4. The molecule has 0 bridgehead atoms. The third kappa shape index (κ3) is 3.22. The maximum atomic E-state index is 13.2. The number of aliphatic hydroxyl groups is 1. The molecule has 0 saturated heterocycles. The van der Waals surface area contributed by atoms with Crippen molar-refractivity contribution in [1.29, 1.82) is 0 Å². The van der Waals surface area contributed by atoms with Gasteiger partial charge in [-0.1, -0.05) is 25.6 Å². The van der Waals surface area contributed by atoms with Gasteiger partial charge >= 0.3 is 0 Å². The molecule has 1 aromatic heterocycles. The van der Waals surface area contributed by atoms with Gasteiger partial charge in [-0.25, -0.2) is 4.98 Å². The monoisotopic (exact) mass is 416 g/mol. The first-order valence-corrected chi connectivity index (χ1v) is 12.7. The highest BCUT2D eigenvalue weighted by atomic mass is 32.2. The molecular weight excluding hydrogens is 380 g/mol. The van der Waals surface area contributed by atoms with Crippen LogP contribution in [0.5, 0.6) is 0 Å². The lowest BCUT2D eigenvalue weighted by molar-refractivity contribution is -0.138. The number of ketones is 1. The van der Waals surface area contributed by atoms with Gasteiger partial charge in [-0.3, -0.25) is 4.79 Å². The largest absolute Gasteiger partial charge is 0.393 e. The van der Waals surface area contributed by atoms with E-state index in [0.29, 0.717) is 28.8 Å². The highest BCUT2D eigenvalue weighted by Gasteiger charge is 2.61. The van der Waals surface area contributed by atoms with Gasteiger partial charge in [-0.2, -0.15) is 0 Å². The Hall–Kier alpha value is -0.810. The van der Waals surface area contributed by atoms with Crippen LogP contribution in [-0.2, 0) is 4.79 Å². The summed E-state index contributed by atoms with van der Waals surface area (Å²) < 4.78 is 0. The number of aromatic nitrogens is 2. The zero-order chi connectivity index (χ0) is 20.2. The van der Waals surface area contributed by atoms with Gasteiger partial charge in [0.25, 0.3) is 0 Å². The standard InChI is InChI=1S/C24H36N2O2S/c1-23-9-7-16(27)13-15(23)3-4-17-18-5-6-20(24(18,2)10-8-19(17)23)21(28)14-29-22-25-11-12-26-22/h11-12,15-20,27H,3-10,13-14H2,1-2H3,(H,25,26)/t15-,16+,17-,18-,19-,20+,23-,24-/m0/s1. The Morgan fingerprint density at radius 1 is 1.14 bits per heavy atom. The molecule has 160 valence electrons. The summed E-state index contributed by atoms with van der Waals surface area (Å²) >= 11 is 1.56. The average Bonchev–Trinajstić information content (AvgIpc) is 3.34. The molecule has 4 saturated carbocycles. The fourth-order valence-corrected chi connectivity index (χ4v) is 9.10. The molecule has 8 atom stereocenters. The molecule has 29 heavy (non-hydrogen) atoms. The van der Waals surface area contributed by atoms with Crippen molar-refractivity contribution < 1.29 is 9.90 Å². The number of fused-ring (bicyclic) bond motifs is 5. The van der Waals surface area contributed by atoms with E-state index in [1.165, 1.54) is 38.5 Å². The SMILES string of the molecule is C[C@]12CC[C@@H](O)C[C@@H]1CC[C@@H]1[C@@H]2CC[C@]2(C)[C@@H](C(=O)CSc3ncc[nH]3)CC[C@@H]12. The Kier molecular flexibility index (Phi) is 5.13. The molecule has 0 unspecified atom stereocenters. The molecule has 4 aliphatic carbocycles. The number of nitrogens with one attached hydrogen (secondary N) is 1. The van der Waals surface area contributed by atoms with E-state index in [-0.39, 0.29) is 17.4 Å². The number of hydrogen-bond donors (Lipinski definition) is 2. The quantitative estimate of drug-likeness (QED) is 0.671. The van der Waals surface area contributed by atoms with Crippen LogP contribution in [-0.4, -0.2) is 32.7 Å². The molecule has 0 amide bonds. The first kappa shape index (κ1) is 20.1. The maximum absolute atomic E-state index is 13.2. The minimum absolute atomic E-state index is 0.0707. The summed E-state index contributed by atoms with van der Waals surface area (Å²) in [5, 5.41) is 11.1. The molecule has 5 heteroatoms. The molecule has 0 aliphatic heterocycles. The van der Waals surface area contributed by atoms with Crippen molar-refractivity contribution in [1.82, 2.24) is 9.97 Å². The number of nitrogens with zero attached hydrogens (tertiary/aromatic N) is 1. The number of aromatic amines is 1. The van der Waals surface area contributed by atoms with Crippen molar-refractivity contribution in [3.8, 4) is 0 Å². The second kappa shape index (κ2) is 7.40. The van der Waals surface area contributed by atoms with Crippen LogP contribution in [0.2, 0.25) is 0 Å². The number of thioether (sulfide) groups is 1. The van der Waals surface area contributed by atoms with Crippen LogP contribution in [0.1, 0.15) is 71.6 Å². The van der Waals surface area contributed by atoms with Crippen molar-refractivity contribution in [2.75, 3.05) is 5.75 Å². The van der Waals surface area contributed by atoms with Crippen molar-refractivity contribution in [3.63, 3.8) is 0 Å². The predicted octanol–water partition coefficient (Wildman–Crippen LogP) is 5.09. The number of rotatable bonds is 4. The molecule has 4 aliphatic rings.